The summed E-state index contributed by atoms with van der Waals surface area (Å²) in [7, 11) is 3.54. The molecule has 1 rings (SSSR count). The summed E-state index contributed by atoms with van der Waals surface area (Å²) in [6.07, 6.45) is -0.0326. The van der Waals surface area contributed by atoms with Crippen molar-refractivity contribution in [1.29, 1.82) is 0 Å². The smallest absolute Gasteiger partial charge is 0.119 e. The molecule has 0 unspecified atom stereocenters. The minimum absolute atomic E-state index is 0.00926. The minimum atomic E-state index is -0.690. The van der Waals surface area contributed by atoms with E-state index in [1.54, 1.807) is 7.11 Å². The van der Waals surface area contributed by atoms with Crippen LogP contribution in [0.3, 0.4) is 0 Å². The lowest BCUT2D eigenvalue weighted by molar-refractivity contribution is 0.0972. The van der Waals surface area contributed by atoms with Gasteiger partial charge in [0.1, 0.15) is 6.17 Å². The molecule has 0 aliphatic carbocycles. The molecule has 60 valence electrons. The standard InChI is InChI=1S/C7H14FNO/c1-9-4-3-6(8)7(9)5-10-2/h6-7H,3-5H2,1-2H3/t6-,7+/m1/s1. The van der Waals surface area contributed by atoms with Crippen molar-refractivity contribution in [2.45, 2.75) is 18.6 Å². The van der Waals surface area contributed by atoms with Crippen LogP contribution in [0.15, 0.2) is 0 Å². The Labute approximate surface area is 61.0 Å². The normalized spacial score (nSPS) is 35.1. The zero-order valence-corrected chi connectivity index (χ0v) is 6.51. The molecule has 1 saturated heterocycles. The molecule has 1 aliphatic rings. The van der Waals surface area contributed by atoms with E-state index < -0.39 is 6.17 Å². The molecule has 3 heteroatoms. The molecule has 0 aromatic carbocycles. The van der Waals surface area contributed by atoms with Gasteiger partial charge in [0.15, 0.2) is 0 Å². The fourth-order valence-electron chi connectivity index (χ4n) is 1.36. The molecule has 0 aromatic heterocycles. The maximum Gasteiger partial charge on any atom is 0.119 e. The van der Waals surface area contributed by atoms with Crippen LogP contribution >= 0.6 is 0 Å². The monoisotopic (exact) mass is 147 g/mol. The number of halogens is 1. The summed E-state index contributed by atoms with van der Waals surface area (Å²) in [6.45, 7) is 1.37. The van der Waals surface area contributed by atoms with Crippen LogP contribution in [0.25, 0.3) is 0 Å². The summed E-state index contributed by atoms with van der Waals surface area (Å²) in [5, 5.41) is 0. The third-order valence-corrected chi connectivity index (χ3v) is 2.08. The Morgan fingerprint density at radius 3 is 2.80 bits per heavy atom. The van der Waals surface area contributed by atoms with Crippen molar-refractivity contribution >= 4 is 0 Å². The highest BCUT2D eigenvalue weighted by molar-refractivity contribution is 4.84. The Balaban J connectivity index is 2.38. The summed E-state index contributed by atoms with van der Waals surface area (Å²) >= 11 is 0. The van der Waals surface area contributed by atoms with E-state index in [1.165, 1.54) is 0 Å². The van der Waals surface area contributed by atoms with E-state index in [4.69, 9.17) is 4.74 Å². The van der Waals surface area contributed by atoms with Crippen LogP contribution in [0.4, 0.5) is 4.39 Å². The molecule has 0 radical (unpaired) electrons. The Morgan fingerprint density at radius 1 is 1.70 bits per heavy atom. The van der Waals surface area contributed by atoms with Crippen molar-refractivity contribution in [3.8, 4) is 0 Å². The number of rotatable bonds is 2. The molecule has 2 atom stereocenters. The van der Waals surface area contributed by atoms with Crippen molar-refractivity contribution < 1.29 is 9.13 Å². The van der Waals surface area contributed by atoms with E-state index >= 15 is 0 Å². The van der Waals surface area contributed by atoms with Gasteiger partial charge in [-0.2, -0.15) is 0 Å². The van der Waals surface area contributed by atoms with Crippen LogP contribution in [-0.2, 0) is 4.74 Å². The molecular formula is C7H14FNO. The second kappa shape index (κ2) is 3.30. The molecule has 0 saturated carbocycles. The van der Waals surface area contributed by atoms with Gasteiger partial charge in [0, 0.05) is 13.7 Å². The molecule has 2 nitrogen and oxygen atoms in total. The molecule has 1 heterocycles. The predicted molar refractivity (Wildman–Crippen MR) is 37.8 cm³/mol. The van der Waals surface area contributed by atoms with Crippen molar-refractivity contribution in [3.63, 3.8) is 0 Å². The summed E-state index contributed by atoms with van der Waals surface area (Å²) < 4.78 is 17.8. The zero-order chi connectivity index (χ0) is 7.56. The van der Waals surface area contributed by atoms with Gasteiger partial charge < -0.3 is 4.74 Å². The highest BCUT2D eigenvalue weighted by Gasteiger charge is 2.31. The summed E-state index contributed by atoms with van der Waals surface area (Å²) in [5.41, 5.74) is 0. The topological polar surface area (TPSA) is 12.5 Å². The summed E-state index contributed by atoms with van der Waals surface area (Å²) in [5.74, 6) is 0. The maximum absolute atomic E-state index is 12.9. The van der Waals surface area contributed by atoms with Crippen molar-refractivity contribution in [3.05, 3.63) is 0 Å². The molecule has 0 spiro atoms. The third kappa shape index (κ3) is 1.47. The average molecular weight is 147 g/mol. The molecule has 10 heavy (non-hydrogen) atoms. The van der Waals surface area contributed by atoms with Crippen molar-refractivity contribution in [2.75, 3.05) is 27.3 Å². The number of nitrogens with zero attached hydrogens (tertiary/aromatic N) is 1. The van der Waals surface area contributed by atoms with Gasteiger partial charge in [0.25, 0.3) is 0 Å². The molecule has 0 amide bonds. The SMILES string of the molecule is COC[C@H]1[C@H](F)CCN1C. The van der Waals surface area contributed by atoms with E-state index in [0.29, 0.717) is 13.0 Å². The Hall–Kier alpha value is -0.150. The number of hydrogen-bond acceptors (Lipinski definition) is 2. The van der Waals surface area contributed by atoms with Crippen molar-refractivity contribution in [2.24, 2.45) is 0 Å². The van der Waals surface area contributed by atoms with Gasteiger partial charge in [-0.3, -0.25) is 4.90 Å². The summed E-state index contributed by atoms with van der Waals surface area (Å²) in [6, 6.07) is -0.00926. The number of alkyl halides is 1. The van der Waals surface area contributed by atoms with Crippen LogP contribution < -0.4 is 0 Å². The molecular weight excluding hydrogens is 133 g/mol. The lowest BCUT2D eigenvalue weighted by atomic mass is 10.2. The summed E-state index contributed by atoms with van der Waals surface area (Å²) in [4.78, 5) is 2.01. The van der Waals surface area contributed by atoms with Gasteiger partial charge >= 0.3 is 0 Å². The molecule has 0 aromatic rings. The Kier molecular flexibility index (Phi) is 2.63. The van der Waals surface area contributed by atoms with Crippen LogP contribution in [0, 0.1) is 0 Å². The first kappa shape index (κ1) is 7.95. The first-order valence-corrected chi connectivity index (χ1v) is 3.59. The lowest BCUT2D eigenvalue weighted by Crippen LogP contribution is -2.34. The first-order chi connectivity index (χ1) is 4.75. The number of ether oxygens (including phenoxy) is 1. The van der Waals surface area contributed by atoms with Gasteiger partial charge in [-0.15, -0.1) is 0 Å². The minimum Gasteiger partial charge on any atom is -0.383 e. The first-order valence-electron chi connectivity index (χ1n) is 3.59. The number of likely N-dealkylation sites (tertiary alicyclic amines) is 1. The Morgan fingerprint density at radius 2 is 2.40 bits per heavy atom. The number of likely N-dealkylation sites (N-methyl/N-ethyl adjacent to an activating group) is 1. The number of hydrogen-bond donors (Lipinski definition) is 0. The highest BCUT2D eigenvalue weighted by atomic mass is 19.1. The molecule has 0 N–H and O–H groups in total. The quantitative estimate of drug-likeness (QED) is 0.569. The van der Waals surface area contributed by atoms with Gasteiger partial charge in [-0.1, -0.05) is 0 Å². The van der Waals surface area contributed by atoms with Gasteiger partial charge in [-0.05, 0) is 13.5 Å². The van der Waals surface area contributed by atoms with E-state index in [-0.39, 0.29) is 6.04 Å². The lowest BCUT2D eigenvalue weighted by Gasteiger charge is -2.19. The zero-order valence-electron chi connectivity index (χ0n) is 6.51. The van der Waals surface area contributed by atoms with Crippen LogP contribution in [0.2, 0.25) is 0 Å². The van der Waals surface area contributed by atoms with Gasteiger partial charge in [-0.25, -0.2) is 4.39 Å². The second-order valence-electron chi connectivity index (χ2n) is 2.81. The van der Waals surface area contributed by atoms with Crippen LogP contribution in [0.5, 0.6) is 0 Å². The highest BCUT2D eigenvalue weighted by Crippen LogP contribution is 2.18. The van der Waals surface area contributed by atoms with Crippen LogP contribution in [0.1, 0.15) is 6.42 Å². The predicted octanol–water partition coefficient (Wildman–Crippen LogP) is 0.675. The molecule has 0 bridgehead atoms. The van der Waals surface area contributed by atoms with Crippen LogP contribution in [-0.4, -0.2) is 44.4 Å². The largest absolute Gasteiger partial charge is 0.383 e. The van der Waals surface area contributed by atoms with E-state index in [1.807, 2.05) is 11.9 Å². The van der Waals surface area contributed by atoms with E-state index in [9.17, 15) is 4.39 Å². The molecule has 1 aliphatic heterocycles. The number of methoxy groups -OCH3 is 1. The second-order valence-corrected chi connectivity index (χ2v) is 2.81. The van der Waals surface area contributed by atoms with Crippen molar-refractivity contribution in [1.82, 2.24) is 4.90 Å². The van der Waals surface area contributed by atoms with E-state index in [0.717, 1.165) is 6.54 Å². The Bertz CT molecular complexity index is 99.8. The maximum atomic E-state index is 12.9. The van der Waals surface area contributed by atoms with Gasteiger partial charge in [0.05, 0.1) is 12.6 Å². The molecule has 1 fully saturated rings. The fourth-order valence-corrected chi connectivity index (χ4v) is 1.36. The fraction of sp³-hybridized carbons (Fsp3) is 1.00. The third-order valence-electron chi connectivity index (χ3n) is 2.08. The van der Waals surface area contributed by atoms with E-state index in [2.05, 4.69) is 0 Å². The average Bonchev–Trinajstić information content (AvgIpc) is 2.20. The van der Waals surface area contributed by atoms with Gasteiger partial charge in [0.2, 0.25) is 0 Å².